The Morgan fingerprint density at radius 2 is 2.12 bits per heavy atom. The van der Waals surface area contributed by atoms with Crippen molar-refractivity contribution in [2.45, 2.75) is 19.3 Å². The molecular weight excluding hydrogens is 330 g/mol. The molecule has 1 aliphatic carbocycles. The SMILES string of the molecule is CCC[NH+]1CC=C2C(C#N)C(=N)C(C#N)(C#N)[C@H](c3cccs3)[C@H]2C1. The standard InChI is InChI=1S/C19H19N5S/c1-2-6-24-7-5-13-14(9-20)18(23)19(11-21,12-22)17(15(13)10-24)16-4-3-8-25-16/h3-5,8,14-15,17,23H,2,6-7,10H2,1H3/p+1/t14?,15-,17-/m0/s1. The molecule has 0 saturated heterocycles. The van der Waals surface area contributed by atoms with Crippen molar-refractivity contribution < 1.29 is 4.90 Å². The van der Waals surface area contributed by atoms with Gasteiger partial charge < -0.3 is 10.3 Å². The minimum Gasteiger partial charge on any atom is -0.331 e. The lowest BCUT2D eigenvalue weighted by atomic mass is 9.55. The summed E-state index contributed by atoms with van der Waals surface area (Å²) in [6.07, 6.45) is 3.15. The number of hydrogen-bond acceptors (Lipinski definition) is 5. The van der Waals surface area contributed by atoms with E-state index in [2.05, 4.69) is 31.2 Å². The van der Waals surface area contributed by atoms with Crippen molar-refractivity contribution >= 4 is 17.0 Å². The van der Waals surface area contributed by atoms with Gasteiger partial charge in [0.05, 0.1) is 43.6 Å². The Labute approximate surface area is 151 Å². The average molecular weight is 350 g/mol. The number of nitrogens with one attached hydrogen (secondary N) is 2. The van der Waals surface area contributed by atoms with Crippen molar-refractivity contribution in [3.63, 3.8) is 0 Å². The molecule has 2 aliphatic rings. The van der Waals surface area contributed by atoms with Crippen molar-refractivity contribution in [2.24, 2.45) is 17.3 Å². The third-order valence-corrected chi connectivity index (χ3v) is 6.37. The third-order valence-electron chi connectivity index (χ3n) is 5.41. The normalized spacial score (nSPS) is 30.3. The highest BCUT2D eigenvalue weighted by Gasteiger charge is 2.58. The molecule has 5 nitrogen and oxygen atoms in total. The average Bonchev–Trinajstić information content (AvgIpc) is 3.15. The van der Waals surface area contributed by atoms with Gasteiger partial charge >= 0.3 is 0 Å². The molecule has 25 heavy (non-hydrogen) atoms. The first-order valence-electron chi connectivity index (χ1n) is 8.50. The highest BCUT2D eigenvalue weighted by Crippen LogP contribution is 2.53. The molecule has 0 aromatic carbocycles. The predicted octanol–water partition coefficient (Wildman–Crippen LogP) is 1.89. The Morgan fingerprint density at radius 3 is 2.68 bits per heavy atom. The highest BCUT2D eigenvalue weighted by molar-refractivity contribution is 7.10. The van der Waals surface area contributed by atoms with E-state index in [1.165, 1.54) is 16.2 Å². The first kappa shape index (κ1) is 17.4. The van der Waals surface area contributed by atoms with E-state index in [1.54, 1.807) is 0 Å². The van der Waals surface area contributed by atoms with Crippen LogP contribution in [0.2, 0.25) is 0 Å². The van der Waals surface area contributed by atoms with Crippen LogP contribution in [0.15, 0.2) is 29.2 Å². The number of quaternary nitrogens is 1. The number of nitriles is 3. The lowest BCUT2D eigenvalue weighted by molar-refractivity contribution is -0.899. The van der Waals surface area contributed by atoms with Crippen LogP contribution in [-0.4, -0.2) is 25.3 Å². The molecule has 0 spiro atoms. The lowest BCUT2D eigenvalue weighted by Gasteiger charge is -2.45. The Kier molecular flexibility index (Phi) is 4.73. The van der Waals surface area contributed by atoms with Gasteiger partial charge in [-0.05, 0) is 29.5 Å². The Bertz CT molecular complexity index is 803. The molecule has 0 radical (unpaired) electrons. The van der Waals surface area contributed by atoms with Crippen LogP contribution in [0.25, 0.3) is 0 Å². The third kappa shape index (κ3) is 2.57. The van der Waals surface area contributed by atoms with Gasteiger partial charge in [0.25, 0.3) is 0 Å². The second kappa shape index (κ2) is 6.81. The minimum absolute atomic E-state index is 0.0491. The van der Waals surface area contributed by atoms with E-state index in [0.29, 0.717) is 0 Å². The second-order valence-electron chi connectivity index (χ2n) is 6.72. The summed E-state index contributed by atoms with van der Waals surface area (Å²) in [6, 6.07) is 10.3. The molecule has 3 rings (SSSR count). The van der Waals surface area contributed by atoms with Gasteiger partial charge in [0.2, 0.25) is 0 Å². The maximum Gasteiger partial charge on any atom is 0.190 e. The van der Waals surface area contributed by atoms with Crippen LogP contribution in [0.1, 0.15) is 24.1 Å². The van der Waals surface area contributed by atoms with Crippen LogP contribution < -0.4 is 4.90 Å². The van der Waals surface area contributed by atoms with Gasteiger partial charge in [-0.3, -0.25) is 0 Å². The van der Waals surface area contributed by atoms with E-state index in [4.69, 9.17) is 5.41 Å². The van der Waals surface area contributed by atoms with Gasteiger partial charge in [0.1, 0.15) is 5.92 Å². The molecule has 1 fully saturated rings. The van der Waals surface area contributed by atoms with E-state index in [-0.39, 0.29) is 17.5 Å². The number of nitrogens with zero attached hydrogens (tertiary/aromatic N) is 3. The first-order valence-corrected chi connectivity index (χ1v) is 9.38. The van der Waals surface area contributed by atoms with E-state index in [9.17, 15) is 15.8 Å². The molecular formula is C19H20N5S+. The van der Waals surface area contributed by atoms with Crippen LogP contribution >= 0.6 is 11.3 Å². The van der Waals surface area contributed by atoms with Crippen LogP contribution in [-0.2, 0) is 0 Å². The van der Waals surface area contributed by atoms with Crippen molar-refractivity contribution in [3.05, 3.63) is 34.0 Å². The van der Waals surface area contributed by atoms with Crippen LogP contribution in [0.5, 0.6) is 0 Å². The Balaban J connectivity index is 2.18. The molecule has 1 aromatic heterocycles. The summed E-state index contributed by atoms with van der Waals surface area (Å²) >= 11 is 1.53. The van der Waals surface area contributed by atoms with E-state index >= 15 is 0 Å². The number of rotatable bonds is 3. The zero-order chi connectivity index (χ0) is 18.0. The maximum absolute atomic E-state index is 9.91. The fourth-order valence-electron chi connectivity index (χ4n) is 4.29. The van der Waals surface area contributed by atoms with Crippen molar-refractivity contribution in [3.8, 4) is 18.2 Å². The Morgan fingerprint density at radius 1 is 1.36 bits per heavy atom. The van der Waals surface area contributed by atoms with Gasteiger partial charge in [-0.2, -0.15) is 15.8 Å². The van der Waals surface area contributed by atoms with E-state index in [1.807, 2.05) is 17.5 Å². The summed E-state index contributed by atoms with van der Waals surface area (Å²) in [5.41, 5.74) is -0.686. The summed E-state index contributed by atoms with van der Waals surface area (Å²) < 4.78 is 0. The number of fused-ring (bicyclic) bond motifs is 1. The van der Waals surface area contributed by atoms with Gasteiger partial charge in [0.15, 0.2) is 5.41 Å². The molecule has 4 atom stereocenters. The van der Waals surface area contributed by atoms with Gasteiger partial charge in [-0.15, -0.1) is 11.3 Å². The summed E-state index contributed by atoms with van der Waals surface area (Å²) in [6.45, 7) is 4.82. The minimum atomic E-state index is -1.57. The second-order valence-corrected chi connectivity index (χ2v) is 7.70. The van der Waals surface area contributed by atoms with Crippen LogP contribution in [0.3, 0.4) is 0 Å². The molecule has 0 amide bonds. The number of hydrogen-bond donors (Lipinski definition) is 2. The molecule has 2 unspecified atom stereocenters. The monoisotopic (exact) mass is 350 g/mol. The zero-order valence-corrected chi connectivity index (χ0v) is 14.9. The van der Waals surface area contributed by atoms with Crippen LogP contribution in [0, 0.1) is 56.7 Å². The van der Waals surface area contributed by atoms with E-state index in [0.717, 1.165) is 36.5 Å². The lowest BCUT2D eigenvalue weighted by Crippen LogP contribution is -3.13. The summed E-state index contributed by atoms with van der Waals surface area (Å²) in [4.78, 5) is 2.37. The smallest absolute Gasteiger partial charge is 0.190 e. The summed E-state index contributed by atoms with van der Waals surface area (Å²) in [5, 5.41) is 39.9. The largest absolute Gasteiger partial charge is 0.331 e. The fourth-order valence-corrected chi connectivity index (χ4v) is 5.25. The Hall–Kier alpha value is -2.46. The van der Waals surface area contributed by atoms with Crippen molar-refractivity contribution in [1.82, 2.24) is 0 Å². The van der Waals surface area contributed by atoms with Gasteiger partial charge in [-0.25, -0.2) is 0 Å². The molecule has 2 N–H and O–H groups in total. The zero-order valence-electron chi connectivity index (χ0n) is 14.1. The number of thiophene rings is 1. The van der Waals surface area contributed by atoms with Gasteiger partial charge in [0, 0.05) is 16.7 Å². The predicted molar refractivity (Wildman–Crippen MR) is 95.0 cm³/mol. The molecule has 2 heterocycles. The molecule has 0 bridgehead atoms. The van der Waals surface area contributed by atoms with Crippen LogP contribution in [0.4, 0.5) is 0 Å². The molecule has 1 aliphatic heterocycles. The quantitative estimate of drug-likeness (QED) is 0.814. The molecule has 126 valence electrons. The molecule has 1 saturated carbocycles. The van der Waals surface area contributed by atoms with E-state index < -0.39 is 11.3 Å². The highest BCUT2D eigenvalue weighted by atomic mass is 32.1. The molecule has 6 heteroatoms. The summed E-state index contributed by atoms with van der Waals surface area (Å²) in [5.74, 6) is -1.19. The first-order chi connectivity index (χ1) is 12.1. The summed E-state index contributed by atoms with van der Waals surface area (Å²) in [7, 11) is 0. The molecule has 1 aromatic rings. The topological polar surface area (TPSA) is 99.7 Å². The maximum atomic E-state index is 9.91. The van der Waals surface area contributed by atoms with Crippen molar-refractivity contribution in [1.29, 1.82) is 21.2 Å². The fraction of sp³-hybridized carbons (Fsp3) is 0.474. The van der Waals surface area contributed by atoms with Gasteiger partial charge in [-0.1, -0.05) is 13.0 Å². The van der Waals surface area contributed by atoms with Crippen molar-refractivity contribution in [2.75, 3.05) is 19.6 Å².